The Kier molecular flexibility index (Phi) is 5.33. The first-order chi connectivity index (χ1) is 12.4. The van der Waals surface area contributed by atoms with Crippen LogP contribution in [0.3, 0.4) is 0 Å². The SMILES string of the molecule is O=C(O)c1cc(-c2cnc(N3CCN(C(F)C(F)F)CC3)c(Cl)c2)no1. The number of hydrogen-bond donors (Lipinski definition) is 1. The molecule has 7 nitrogen and oxygen atoms in total. The monoisotopic (exact) mass is 390 g/mol. The van der Waals surface area contributed by atoms with Gasteiger partial charge in [-0.3, -0.25) is 4.90 Å². The van der Waals surface area contributed by atoms with Crippen LogP contribution in [0.15, 0.2) is 22.9 Å². The zero-order valence-corrected chi connectivity index (χ0v) is 14.0. The highest BCUT2D eigenvalue weighted by atomic mass is 35.5. The number of aromatic nitrogens is 2. The molecule has 1 atom stereocenters. The minimum atomic E-state index is -3.04. The van der Waals surface area contributed by atoms with Gasteiger partial charge in [0.2, 0.25) is 12.1 Å². The Labute approximate surface area is 150 Å². The first-order valence-corrected chi connectivity index (χ1v) is 8.01. The van der Waals surface area contributed by atoms with E-state index in [-0.39, 0.29) is 29.6 Å². The van der Waals surface area contributed by atoms with Crippen LogP contribution in [-0.4, -0.2) is 65.0 Å². The molecule has 1 fully saturated rings. The lowest BCUT2D eigenvalue weighted by Gasteiger charge is -2.36. The number of carboxylic acids is 1. The molecule has 140 valence electrons. The van der Waals surface area contributed by atoms with Gasteiger partial charge in [0.25, 0.3) is 6.43 Å². The number of carboxylic acid groups (broad SMARTS) is 1. The van der Waals surface area contributed by atoms with Crippen LogP contribution in [0, 0.1) is 0 Å². The second kappa shape index (κ2) is 7.50. The van der Waals surface area contributed by atoms with Crippen LogP contribution >= 0.6 is 11.6 Å². The van der Waals surface area contributed by atoms with Crippen LogP contribution in [0.1, 0.15) is 10.6 Å². The van der Waals surface area contributed by atoms with Crippen molar-refractivity contribution in [3.8, 4) is 11.3 Å². The molecule has 2 aromatic heterocycles. The molecule has 3 heterocycles. The topological polar surface area (TPSA) is 82.7 Å². The minimum Gasteiger partial charge on any atom is -0.475 e. The van der Waals surface area contributed by atoms with Crippen LogP contribution in [0.2, 0.25) is 5.02 Å². The van der Waals surface area contributed by atoms with Gasteiger partial charge in [0.15, 0.2) is 0 Å². The Morgan fingerprint density at radius 2 is 1.92 bits per heavy atom. The lowest BCUT2D eigenvalue weighted by atomic mass is 10.2. The second-order valence-electron chi connectivity index (χ2n) is 5.64. The van der Waals surface area contributed by atoms with Crippen LogP contribution in [0.5, 0.6) is 0 Å². The third-order valence-corrected chi connectivity index (χ3v) is 4.29. The summed E-state index contributed by atoms with van der Waals surface area (Å²) >= 11 is 6.24. The summed E-state index contributed by atoms with van der Waals surface area (Å²) in [7, 11) is 0. The number of hydrogen-bond acceptors (Lipinski definition) is 6. The lowest BCUT2D eigenvalue weighted by molar-refractivity contribution is -0.0505. The Morgan fingerprint density at radius 1 is 1.23 bits per heavy atom. The summed E-state index contributed by atoms with van der Waals surface area (Å²) in [4.78, 5) is 17.9. The number of halogens is 4. The molecule has 2 aromatic rings. The number of aromatic carboxylic acids is 1. The molecule has 11 heteroatoms. The van der Waals surface area contributed by atoms with E-state index in [1.54, 1.807) is 11.0 Å². The third-order valence-electron chi connectivity index (χ3n) is 4.01. The summed E-state index contributed by atoms with van der Waals surface area (Å²) in [5.74, 6) is -1.12. The van der Waals surface area contributed by atoms with Gasteiger partial charge in [-0.2, -0.15) is 0 Å². The van der Waals surface area contributed by atoms with Crippen LogP contribution in [0.25, 0.3) is 11.3 Å². The first-order valence-electron chi connectivity index (χ1n) is 7.64. The van der Waals surface area contributed by atoms with Crippen molar-refractivity contribution in [1.82, 2.24) is 15.0 Å². The molecule has 1 aliphatic heterocycles. The van der Waals surface area contributed by atoms with Crippen molar-refractivity contribution < 1.29 is 27.6 Å². The van der Waals surface area contributed by atoms with Crippen molar-refractivity contribution in [3.63, 3.8) is 0 Å². The van der Waals surface area contributed by atoms with E-state index >= 15 is 0 Å². The highest BCUT2D eigenvalue weighted by molar-refractivity contribution is 6.33. The standard InChI is InChI=1S/C15H14ClF3N4O3/c16-9-5-8(10-6-11(15(24)25)26-21-10)7-20-14(9)23-3-1-22(2-4-23)13(19)12(17)18/h5-7,12-13H,1-4H2,(H,24,25). The molecule has 26 heavy (non-hydrogen) atoms. The first kappa shape index (κ1) is 18.5. The van der Waals surface area contributed by atoms with Gasteiger partial charge in [0.1, 0.15) is 11.5 Å². The Balaban J connectivity index is 1.71. The summed E-state index contributed by atoms with van der Waals surface area (Å²) < 4.78 is 42.9. The number of carbonyl (C=O) groups is 1. The average molecular weight is 391 g/mol. The molecule has 0 amide bonds. The van der Waals surface area contributed by atoms with Gasteiger partial charge in [0, 0.05) is 44.0 Å². The number of alkyl halides is 3. The highest BCUT2D eigenvalue weighted by Gasteiger charge is 2.30. The predicted molar refractivity (Wildman–Crippen MR) is 86.4 cm³/mol. The van der Waals surface area contributed by atoms with Gasteiger partial charge in [-0.1, -0.05) is 16.8 Å². The van der Waals surface area contributed by atoms with E-state index in [9.17, 15) is 18.0 Å². The minimum absolute atomic E-state index is 0.122. The molecule has 0 saturated carbocycles. The van der Waals surface area contributed by atoms with E-state index in [0.29, 0.717) is 24.5 Å². The molecule has 1 saturated heterocycles. The van der Waals surface area contributed by atoms with Crippen molar-refractivity contribution >= 4 is 23.4 Å². The lowest BCUT2D eigenvalue weighted by Crippen LogP contribution is -2.51. The smallest absolute Gasteiger partial charge is 0.374 e. The molecule has 1 aliphatic rings. The maximum Gasteiger partial charge on any atom is 0.374 e. The maximum absolute atomic E-state index is 13.4. The summed E-state index contributed by atoms with van der Waals surface area (Å²) in [6.07, 6.45) is -3.87. The van der Waals surface area contributed by atoms with E-state index in [1.807, 2.05) is 0 Å². The molecule has 1 unspecified atom stereocenters. The number of nitrogens with zero attached hydrogens (tertiary/aromatic N) is 4. The van der Waals surface area contributed by atoms with Gasteiger partial charge in [-0.05, 0) is 6.07 Å². The van der Waals surface area contributed by atoms with Crippen molar-refractivity contribution in [2.75, 3.05) is 31.1 Å². The Morgan fingerprint density at radius 3 is 2.46 bits per heavy atom. The Bertz CT molecular complexity index is 796. The molecular weight excluding hydrogens is 377 g/mol. The average Bonchev–Trinajstić information content (AvgIpc) is 3.11. The van der Waals surface area contributed by atoms with E-state index in [1.165, 1.54) is 12.3 Å². The van der Waals surface area contributed by atoms with Crippen molar-refractivity contribution in [1.29, 1.82) is 0 Å². The molecule has 0 aromatic carbocycles. The normalized spacial score (nSPS) is 16.9. The fourth-order valence-corrected chi connectivity index (χ4v) is 2.94. The summed E-state index contributed by atoms with van der Waals surface area (Å²) in [5.41, 5.74) is 0.737. The molecule has 0 spiro atoms. The van der Waals surface area contributed by atoms with E-state index in [0.717, 1.165) is 4.90 Å². The quantitative estimate of drug-likeness (QED) is 0.786. The fourth-order valence-electron chi connectivity index (χ4n) is 2.66. The predicted octanol–water partition coefficient (Wildman–Crippen LogP) is 2.77. The van der Waals surface area contributed by atoms with Crippen LogP contribution < -0.4 is 4.90 Å². The van der Waals surface area contributed by atoms with E-state index in [2.05, 4.69) is 14.7 Å². The molecule has 1 N–H and O–H groups in total. The van der Waals surface area contributed by atoms with Crippen molar-refractivity contribution in [3.05, 3.63) is 29.1 Å². The number of rotatable bonds is 5. The van der Waals surface area contributed by atoms with Crippen LogP contribution in [-0.2, 0) is 0 Å². The van der Waals surface area contributed by atoms with Crippen molar-refractivity contribution in [2.45, 2.75) is 12.7 Å². The molecule has 3 rings (SSSR count). The van der Waals surface area contributed by atoms with Gasteiger partial charge < -0.3 is 14.5 Å². The van der Waals surface area contributed by atoms with Gasteiger partial charge >= 0.3 is 5.97 Å². The van der Waals surface area contributed by atoms with E-state index in [4.69, 9.17) is 16.7 Å². The summed E-state index contributed by atoms with van der Waals surface area (Å²) in [6.45, 7) is 0.839. The summed E-state index contributed by atoms with van der Waals surface area (Å²) in [5, 5.41) is 12.8. The maximum atomic E-state index is 13.4. The molecule has 0 radical (unpaired) electrons. The van der Waals surface area contributed by atoms with E-state index < -0.39 is 18.7 Å². The number of anilines is 1. The zero-order valence-electron chi connectivity index (χ0n) is 13.3. The molecule has 0 aliphatic carbocycles. The van der Waals surface area contributed by atoms with Gasteiger partial charge in [-0.15, -0.1) is 0 Å². The second-order valence-corrected chi connectivity index (χ2v) is 6.05. The highest BCUT2D eigenvalue weighted by Crippen LogP contribution is 2.29. The summed E-state index contributed by atoms with van der Waals surface area (Å²) in [6, 6.07) is 2.80. The fraction of sp³-hybridized carbons (Fsp3) is 0.400. The zero-order chi connectivity index (χ0) is 18.8. The third kappa shape index (κ3) is 3.75. The molecular formula is C15H14ClF3N4O3. The van der Waals surface area contributed by atoms with Gasteiger partial charge in [0.05, 0.1) is 5.02 Å². The Hall–Kier alpha value is -2.33. The van der Waals surface area contributed by atoms with Crippen LogP contribution in [0.4, 0.5) is 19.0 Å². The number of pyridine rings is 1. The largest absolute Gasteiger partial charge is 0.475 e. The number of piperazine rings is 1. The van der Waals surface area contributed by atoms with Gasteiger partial charge in [-0.25, -0.2) is 22.9 Å². The molecule has 0 bridgehead atoms. The van der Waals surface area contributed by atoms with Crippen molar-refractivity contribution in [2.24, 2.45) is 0 Å².